The van der Waals surface area contributed by atoms with Gasteiger partial charge in [0.15, 0.2) is 5.13 Å². The third-order valence-corrected chi connectivity index (χ3v) is 4.98. The number of nitrogens with one attached hydrogen (secondary N) is 1. The average Bonchev–Trinajstić information content (AvgIpc) is 2.60. The Balaban J connectivity index is 2.18. The maximum Gasteiger partial charge on any atom is 0.238 e. The van der Waals surface area contributed by atoms with Gasteiger partial charge < -0.3 is 5.73 Å². The Morgan fingerprint density at radius 3 is 2.58 bits per heavy atom. The van der Waals surface area contributed by atoms with Gasteiger partial charge in [-0.3, -0.25) is 4.72 Å². The van der Waals surface area contributed by atoms with Crippen LogP contribution in [0.15, 0.2) is 24.3 Å². The van der Waals surface area contributed by atoms with Gasteiger partial charge in [0.2, 0.25) is 10.0 Å². The van der Waals surface area contributed by atoms with Crippen LogP contribution in [0.1, 0.15) is 16.1 Å². The first-order valence-corrected chi connectivity index (χ1v) is 8.12. The second kappa shape index (κ2) is 5.18. The molecule has 5 nitrogen and oxygen atoms in total. The first-order valence-electron chi connectivity index (χ1n) is 5.65. The van der Waals surface area contributed by atoms with Crippen molar-refractivity contribution < 1.29 is 8.42 Å². The Hall–Kier alpha value is -1.60. The first-order chi connectivity index (χ1) is 8.87. The highest BCUT2D eigenvalue weighted by molar-refractivity contribution is 7.92. The van der Waals surface area contributed by atoms with E-state index in [4.69, 9.17) is 5.73 Å². The van der Waals surface area contributed by atoms with Gasteiger partial charge in [-0.25, -0.2) is 13.4 Å². The fourth-order valence-electron chi connectivity index (χ4n) is 1.56. The average molecular weight is 297 g/mol. The van der Waals surface area contributed by atoms with Gasteiger partial charge in [-0.2, -0.15) is 0 Å². The van der Waals surface area contributed by atoms with Gasteiger partial charge >= 0.3 is 0 Å². The molecule has 0 atom stereocenters. The molecule has 102 valence electrons. The van der Waals surface area contributed by atoms with Crippen molar-refractivity contribution >= 4 is 32.2 Å². The predicted molar refractivity (Wildman–Crippen MR) is 78.7 cm³/mol. The van der Waals surface area contributed by atoms with E-state index in [0.29, 0.717) is 16.4 Å². The summed E-state index contributed by atoms with van der Waals surface area (Å²) < 4.78 is 26.6. The quantitative estimate of drug-likeness (QED) is 0.848. The van der Waals surface area contributed by atoms with Crippen molar-refractivity contribution in [3.63, 3.8) is 0 Å². The van der Waals surface area contributed by atoms with Gasteiger partial charge in [-0.15, -0.1) is 11.3 Å². The lowest BCUT2D eigenvalue weighted by Crippen LogP contribution is -2.15. The van der Waals surface area contributed by atoms with Crippen LogP contribution < -0.4 is 10.5 Å². The summed E-state index contributed by atoms with van der Waals surface area (Å²) in [5.74, 6) is -0.155. The van der Waals surface area contributed by atoms with Crippen LogP contribution in [0, 0.1) is 13.8 Å². The highest BCUT2D eigenvalue weighted by Gasteiger charge is 2.15. The zero-order chi connectivity index (χ0) is 14.0. The number of aryl methyl sites for hydroxylation is 2. The zero-order valence-electron chi connectivity index (χ0n) is 10.7. The minimum atomic E-state index is -3.50. The molecule has 0 bridgehead atoms. The molecule has 0 aliphatic carbocycles. The van der Waals surface area contributed by atoms with Crippen LogP contribution in [0.25, 0.3) is 0 Å². The third kappa shape index (κ3) is 3.45. The van der Waals surface area contributed by atoms with E-state index >= 15 is 0 Å². The molecule has 0 amide bonds. The molecule has 7 heteroatoms. The van der Waals surface area contributed by atoms with E-state index in [2.05, 4.69) is 9.71 Å². The number of nitrogen functional groups attached to an aromatic ring is 1. The Morgan fingerprint density at radius 2 is 2.00 bits per heavy atom. The van der Waals surface area contributed by atoms with Crippen molar-refractivity contribution in [2.24, 2.45) is 0 Å². The molecule has 0 aliphatic heterocycles. The summed E-state index contributed by atoms with van der Waals surface area (Å²) >= 11 is 1.32. The van der Waals surface area contributed by atoms with E-state index in [9.17, 15) is 8.42 Å². The molecule has 0 fully saturated rings. The maximum atomic E-state index is 12.0. The zero-order valence-corrected chi connectivity index (χ0v) is 12.3. The second-order valence-electron chi connectivity index (χ2n) is 4.22. The number of nitrogens with two attached hydrogens (primary N) is 1. The number of sulfonamides is 1. The third-order valence-electron chi connectivity index (χ3n) is 2.67. The summed E-state index contributed by atoms with van der Waals surface area (Å²) in [6, 6.07) is 6.92. The number of hydrogen-bond acceptors (Lipinski definition) is 5. The molecule has 1 heterocycles. The van der Waals surface area contributed by atoms with Gasteiger partial charge in [-0.1, -0.05) is 18.2 Å². The molecule has 2 rings (SSSR count). The van der Waals surface area contributed by atoms with Crippen LogP contribution in [-0.4, -0.2) is 13.4 Å². The molecule has 0 saturated carbocycles. The van der Waals surface area contributed by atoms with Crippen molar-refractivity contribution in [1.82, 2.24) is 4.98 Å². The predicted octanol–water partition coefficient (Wildman–Crippen LogP) is 2.28. The van der Waals surface area contributed by atoms with Crippen molar-refractivity contribution in [1.29, 1.82) is 0 Å². The monoisotopic (exact) mass is 297 g/mol. The minimum absolute atomic E-state index is 0.155. The summed E-state index contributed by atoms with van der Waals surface area (Å²) in [6.07, 6.45) is 0. The molecule has 2 aromatic rings. The van der Waals surface area contributed by atoms with E-state index in [0.717, 1.165) is 10.6 Å². The smallest absolute Gasteiger partial charge is 0.238 e. The molecule has 0 spiro atoms. The highest BCUT2D eigenvalue weighted by Crippen LogP contribution is 2.23. The minimum Gasteiger partial charge on any atom is -0.398 e. The van der Waals surface area contributed by atoms with Gasteiger partial charge in [0.05, 0.1) is 11.4 Å². The highest BCUT2D eigenvalue weighted by atomic mass is 32.2. The van der Waals surface area contributed by atoms with Crippen LogP contribution in [-0.2, 0) is 15.8 Å². The lowest BCUT2D eigenvalue weighted by molar-refractivity contribution is 0.600. The number of thiazole rings is 1. The number of para-hydroxylation sites is 1. The Kier molecular flexibility index (Phi) is 3.77. The molecule has 3 N–H and O–H groups in total. The Bertz CT molecular complexity index is 673. The summed E-state index contributed by atoms with van der Waals surface area (Å²) in [4.78, 5) is 5.15. The Morgan fingerprint density at radius 1 is 1.32 bits per heavy atom. The maximum absolute atomic E-state index is 12.0. The molecule has 1 aromatic carbocycles. The number of rotatable bonds is 4. The van der Waals surface area contributed by atoms with E-state index in [-0.39, 0.29) is 5.75 Å². The number of anilines is 2. The molecule has 0 aliphatic rings. The van der Waals surface area contributed by atoms with Crippen molar-refractivity contribution in [2.45, 2.75) is 19.6 Å². The van der Waals surface area contributed by atoms with E-state index in [1.807, 2.05) is 13.8 Å². The first kappa shape index (κ1) is 13.8. The largest absolute Gasteiger partial charge is 0.398 e. The normalized spacial score (nSPS) is 11.5. The molecule has 0 saturated heterocycles. The van der Waals surface area contributed by atoms with Crippen molar-refractivity contribution in [3.8, 4) is 0 Å². The summed E-state index contributed by atoms with van der Waals surface area (Å²) in [5, 5.41) is 0.393. The SMILES string of the molecule is Cc1nc(NS(=O)(=O)Cc2ccccc2N)sc1C. The van der Waals surface area contributed by atoms with Crippen molar-refractivity contribution in [2.75, 3.05) is 10.5 Å². The lowest BCUT2D eigenvalue weighted by Gasteiger charge is -2.07. The fraction of sp³-hybridized carbons (Fsp3) is 0.250. The lowest BCUT2D eigenvalue weighted by atomic mass is 10.2. The second-order valence-corrected chi connectivity index (χ2v) is 7.15. The number of aromatic nitrogens is 1. The van der Waals surface area contributed by atoms with Gasteiger partial charge in [0.25, 0.3) is 0 Å². The van der Waals surface area contributed by atoms with Crippen LogP contribution in [0.5, 0.6) is 0 Å². The number of hydrogen-bond donors (Lipinski definition) is 2. The van der Waals surface area contributed by atoms with Gasteiger partial charge in [-0.05, 0) is 25.5 Å². The van der Waals surface area contributed by atoms with Crippen LogP contribution in [0.2, 0.25) is 0 Å². The van der Waals surface area contributed by atoms with E-state index in [1.165, 1.54) is 11.3 Å². The topological polar surface area (TPSA) is 85.1 Å². The van der Waals surface area contributed by atoms with E-state index in [1.54, 1.807) is 24.3 Å². The summed E-state index contributed by atoms with van der Waals surface area (Å²) in [5.41, 5.74) is 7.63. The van der Waals surface area contributed by atoms with Crippen LogP contribution >= 0.6 is 11.3 Å². The molecular weight excluding hydrogens is 282 g/mol. The van der Waals surface area contributed by atoms with Gasteiger partial charge in [0, 0.05) is 10.6 Å². The standard InChI is InChI=1S/C12H15N3O2S2/c1-8-9(2)18-12(14-8)15-19(16,17)7-10-5-3-4-6-11(10)13/h3-6H,7,13H2,1-2H3,(H,14,15). The molecule has 0 unspecified atom stereocenters. The number of nitrogens with zero attached hydrogens (tertiary/aromatic N) is 1. The molecule has 19 heavy (non-hydrogen) atoms. The van der Waals surface area contributed by atoms with Crippen LogP contribution in [0.4, 0.5) is 10.8 Å². The van der Waals surface area contributed by atoms with Gasteiger partial charge in [0.1, 0.15) is 0 Å². The van der Waals surface area contributed by atoms with Crippen LogP contribution in [0.3, 0.4) is 0 Å². The summed E-state index contributed by atoms with van der Waals surface area (Å²) in [6.45, 7) is 3.75. The molecule has 1 aromatic heterocycles. The molecule has 0 radical (unpaired) electrons. The molecular formula is C12H15N3O2S2. The Labute approximate surface area is 116 Å². The summed E-state index contributed by atoms with van der Waals surface area (Å²) in [7, 11) is -3.50. The van der Waals surface area contributed by atoms with E-state index < -0.39 is 10.0 Å². The fourth-order valence-corrected chi connectivity index (χ4v) is 3.83. The number of benzene rings is 1. The van der Waals surface area contributed by atoms with Crippen molar-refractivity contribution in [3.05, 3.63) is 40.4 Å².